The number of rotatable bonds is 7. The molecule has 2 aromatic carbocycles. The van der Waals surface area contributed by atoms with Gasteiger partial charge in [0, 0.05) is 5.92 Å². The second-order valence-corrected chi connectivity index (χ2v) is 7.18. The molecule has 1 aliphatic carbocycles. The van der Waals surface area contributed by atoms with Crippen molar-refractivity contribution in [3.05, 3.63) is 59.7 Å². The van der Waals surface area contributed by atoms with Crippen LogP contribution in [0.25, 0.3) is 11.1 Å². The molecule has 0 heterocycles. The van der Waals surface area contributed by atoms with Crippen LogP contribution in [-0.2, 0) is 9.53 Å². The molecule has 2 unspecified atom stereocenters. The number of fused-ring (bicyclic) bond motifs is 3. The highest BCUT2D eigenvalue weighted by Crippen LogP contribution is 2.44. The number of halogens is 1. The van der Waals surface area contributed by atoms with Gasteiger partial charge < -0.3 is 4.74 Å². The number of benzene rings is 2. The normalized spacial score (nSPS) is 14.8. The first-order valence-electron chi connectivity index (χ1n) is 9.06. The van der Waals surface area contributed by atoms with E-state index in [9.17, 15) is 10.1 Å². The van der Waals surface area contributed by atoms with Crippen molar-refractivity contribution in [3.8, 4) is 17.2 Å². The summed E-state index contributed by atoms with van der Waals surface area (Å²) in [5.74, 6) is -1.45. The fourth-order valence-corrected chi connectivity index (χ4v) is 3.86. The maximum atomic E-state index is 12.4. The third kappa shape index (κ3) is 3.61. The highest BCUT2D eigenvalue weighted by molar-refractivity contribution is 6.22. The molecular weight excluding hydrogens is 346 g/mol. The molecule has 0 saturated heterocycles. The van der Waals surface area contributed by atoms with E-state index in [-0.39, 0.29) is 12.5 Å². The van der Waals surface area contributed by atoms with Crippen LogP contribution in [0.1, 0.15) is 43.2 Å². The SMILES string of the molecule is CCCCC(Cl)C(C#N)C(=O)OCC1c2ccccc2-c2ccccc21. The van der Waals surface area contributed by atoms with Gasteiger partial charge in [-0.3, -0.25) is 4.79 Å². The van der Waals surface area contributed by atoms with Gasteiger partial charge in [-0.05, 0) is 28.7 Å². The van der Waals surface area contributed by atoms with Gasteiger partial charge in [0.25, 0.3) is 0 Å². The van der Waals surface area contributed by atoms with Crippen LogP contribution in [-0.4, -0.2) is 18.0 Å². The first kappa shape index (κ1) is 18.5. The molecule has 0 saturated carbocycles. The van der Waals surface area contributed by atoms with Crippen molar-refractivity contribution in [1.29, 1.82) is 5.26 Å². The lowest BCUT2D eigenvalue weighted by Crippen LogP contribution is -2.26. The molecule has 0 fully saturated rings. The quantitative estimate of drug-likeness (QED) is 0.494. The Bertz CT molecular complexity index is 781. The molecule has 2 aromatic rings. The van der Waals surface area contributed by atoms with E-state index in [0.29, 0.717) is 6.42 Å². The van der Waals surface area contributed by atoms with Gasteiger partial charge in [0.1, 0.15) is 6.61 Å². The summed E-state index contributed by atoms with van der Waals surface area (Å²) in [7, 11) is 0. The van der Waals surface area contributed by atoms with Gasteiger partial charge in [-0.2, -0.15) is 5.26 Å². The smallest absolute Gasteiger partial charge is 0.324 e. The number of carbonyl (C=O) groups excluding carboxylic acids is 1. The van der Waals surface area contributed by atoms with Crippen molar-refractivity contribution < 1.29 is 9.53 Å². The standard InChI is InChI=1S/C22H22ClNO2/c1-2-3-12-21(23)19(13-24)22(25)26-14-20-17-10-6-4-8-15(17)16-9-5-7-11-18(16)20/h4-11,19-21H,2-3,12,14H2,1H3. The lowest BCUT2D eigenvalue weighted by atomic mass is 9.98. The maximum absolute atomic E-state index is 12.4. The first-order valence-corrected chi connectivity index (χ1v) is 9.49. The minimum atomic E-state index is -0.921. The molecule has 2 atom stereocenters. The van der Waals surface area contributed by atoms with E-state index >= 15 is 0 Å². The molecule has 0 aromatic heterocycles. The molecule has 1 aliphatic rings. The summed E-state index contributed by atoms with van der Waals surface area (Å²) in [4.78, 5) is 12.4. The van der Waals surface area contributed by atoms with Gasteiger partial charge in [0.05, 0.1) is 11.4 Å². The first-order chi connectivity index (χ1) is 12.7. The summed E-state index contributed by atoms with van der Waals surface area (Å²) in [6.07, 6.45) is 2.51. The second kappa shape index (κ2) is 8.38. The molecular formula is C22H22ClNO2. The van der Waals surface area contributed by atoms with Crippen molar-refractivity contribution in [2.24, 2.45) is 5.92 Å². The van der Waals surface area contributed by atoms with Crippen molar-refractivity contribution >= 4 is 17.6 Å². The molecule has 134 valence electrons. The number of nitriles is 1. The highest BCUT2D eigenvalue weighted by atomic mass is 35.5. The third-order valence-corrected chi connectivity index (χ3v) is 5.41. The summed E-state index contributed by atoms with van der Waals surface area (Å²) in [5, 5.41) is 8.83. The van der Waals surface area contributed by atoms with Gasteiger partial charge in [-0.15, -0.1) is 11.6 Å². The molecule has 0 amide bonds. The van der Waals surface area contributed by atoms with Crippen molar-refractivity contribution in [1.82, 2.24) is 0 Å². The summed E-state index contributed by atoms with van der Waals surface area (Å²) in [5.41, 5.74) is 4.67. The van der Waals surface area contributed by atoms with Crippen LogP contribution in [0.4, 0.5) is 0 Å². The molecule has 3 nitrogen and oxygen atoms in total. The summed E-state index contributed by atoms with van der Waals surface area (Å²) >= 11 is 6.25. The Balaban J connectivity index is 1.73. The van der Waals surface area contributed by atoms with E-state index in [1.54, 1.807) is 0 Å². The lowest BCUT2D eigenvalue weighted by molar-refractivity contribution is -0.146. The van der Waals surface area contributed by atoms with Crippen LogP contribution in [0, 0.1) is 17.2 Å². The summed E-state index contributed by atoms with van der Waals surface area (Å²) in [6.45, 7) is 2.28. The minimum absolute atomic E-state index is 0.00453. The molecule has 0 radical (unpaired) electrons. The van der Waals surface area contributed by atoms with Crippen LogP contribution in [0.3, 0.4) is 0 Å². The van der Waals surface area contributed by atoms with Crippen LogP contribution >= 0.6 is 11.6 Å². The number of unbranched alkanes of at least 4 members (excludes halogenated alkanes) is 1. The van der Waals surface area contributed by atoms with Crippen LogP contribution in [0.2, 0.25) is 0 Å². The van der Waals surface area contributed by atoms with Crippen LogP contribution in [0.15, 0.2) is 48.5 Å². The predicted octanol–water partition coefficient (Wildman–Crippen LogP) is 5.28. The predicted molar refractivity (Wildman–Crippen MR) is 103 cm³/mol. The highest BCUT2D eigenvalue weighted by Gasteiger charge is 2.32. The number of hydrogen-bond acceptors (Lipinski definition) is 3. The average molecular weight is 368 g/mol. The van der Waals surface area contributed by atoms with E-state index in [1.807, 2.05) is 30.3 Å². The molecule has 3 rings (SSSR count). The van der Waals surface area contributed by atoms with Gasteiger partial charge >= 0.3 is 5.97 Å². The Hall–Kier alpha value is -2.31. The Morgan fingerprint density at radius 3 is 2.27 bits per heavy atom. The number of carbonyl (C=O) groups is 1. The van der Waals surface area contributed by atoms with Crippen molar-refractivity contribution in [2.75, 3.05) is 6.61 Å². The molecule has 0 spiro atoms. The monoisotopic (exact) mass is 367 g/mol. The van der Waals surface area contributed by atoms with E-state index < -0.39 is 17.3 Å². The summed E-state index contributed by atoms with van der Waals surface area (Å²) < 4.78 is 5.55. The second-order valence-electron chi connectivity index (χ2n) is 6.62. The van der Waals surface area contributed by atoms with Gasteiger partial charge in [0.2, 0.25) is 0 Å². The number of ether oxygens (including phenoxy) is 1. The largest absolute Gasteiger partial charge is 0.464 e. The van der Waals surface area contributed by atoms with Gasteiger partial charge in [-0.1, -0.05) is 68.3 Å². The average Bonchev–Trinajstić information content (AvgIpc) is 2.99. The minimum Gasteiger partial charge on any atom is -0.464 e. The van der Waals surface area contributed by atoms with Gasteiger partial charge in [0.15, 0.2) is 5.92 Å². The molecule has 0 bridgehead atoms. The zero-order chi connectivity index (χ0) is 18.5. The van der Waals surface area contributed by atoms with E-state index in [4.69, 9.17) is 16.3 Å². The molecule has 4 heteroatoms. The number of hydrogen-bond donors (Lipinski definition) is 0. The zero-order valence-corrected chi connectivity index (χ0v) is 15.6. The Morgan fingerprint density at radius 1 is 1.15 bits per heavy atom. The Kier molecular flexibility index (Phi) is 5.96. The van der Waals surface area contributed by atoms with Crippen molar-refractivity contribution in [2.45, 2.75) is 37.5 Å². The fourth-order valence-electron chi connectivity index (χ4n) is 3.54. The number of nitrogens with zero attached hydrogens (tertiary/aromatic N) is 1. The lowest BCUT2D eigenvalue weighted by Gasteiger charge is -2.18. The number of alkyl halides is 1. The van der Waals surface area contributed by atoms with E-state index in [2.05, 4.69) is 31.2 Å². The maximum Gasteiger partial charge on any atom is 0.324 e. The Morgan fingerprint density at radius 2 is 1.73 bits per heavy atom. The van der Waals surface area contributed by atoms with Crippen LogP contribution < -0.4 is 0 Å². The summed E-state index contributed by atoms with van der Waals surface area (Å²) in [6, 6.07) is 18.4. The third-order valence-electron chi connectivity index (χ3n) is 4.94. The van der Waals surface area contributed by atoms with E-state index in [1.165, 1.54) is 11.1 Å². The Labute approximate surface area is 159 Å². The van der Waals surface area contributed by atoms with Crippen LogP contribution in [0.5, 0.6) is 0 Å². The van der Waals surface area contributed by atoms with Crippen molar-refractivity contribution in [3.63, 3.8) is 0 Å². The molecule has 0 N–H and O–H groups in total. The fraction of sp³-hybridized carbons (Fsp3) is 0.364. The number of esters is 1. The topological polar surface area (TPSA) is 50.1 Å². The van der Waals surface area contributed by atoms with Gasteiger partial charge in [-0.25, -0.2) is 0 Å². The van der Waals surface area contributed by atoms with E-state index in [0.717, 1.165) is 24.0 Å². The zero-order valence-electron chi connectivity index (χ0n) is 14.8. The molecule has 0 aliphatic heterocycles. The molecule has 26 heavy (non-hydrogen) atoms.